The second-order valence-electron chi connectivity index (χ2n) is 7.58. The highest BCUT2D eigenvalue weighted by Crippen LogP contribution is 2.27. The number of nitrogens with zero attached hydrogens (tertiary/aromatic N) is 2. The number of rotatable bonds is 5. The van der Waals surface area contributed by atoms with E-state index in [1.165, 1.54) is 11.1 Å². The van der Waals surface area contributed by atoms with Crippen molar-refractivity contribution in [2.24, 2.45) is 0 Å². The first-order valence-corrected chi connectivity index (χ1v) is 10.3. The summed E-state index contributed by atoms with van der Waals surface area (Å²) in [4.78, 5) is 31.0. The SMILES string of the molecule is O=C(NC[C@@H](c1cccnc1)N1CCc2ccccc2C1)C(=O)Nc1ccc(F)cc1F. The Labute approximate surface area is 184 Å². The molecule has 32 heavy (non-hydrogen) atoms. The Morgan fingerprint density at radius 3 is 2.59 bits per heavy atom. The number of anilines is 1. The van der Waals surface area contributed by atoms with Gasteiger partial charge in [0, 0.05) is 38.1 Å². The van der Waals surface area contributed by atoms with Gasteiger partial charge in [0.2, 0.25) is 0 Å². The number of hydrogen-bond donors (Lipinski definition) is 2. The Kier molecular flexibility index (Phi) is 6.51. The number of amides is 2. The maximum absolute atomic E-state index is 13.8. The predicted octanol–water partition coefficient (Wildman–Crippen LogP) is 3.21. The number of carbonyl (C=O) groups is 2. The van der Waals surface area contributed by atoms with Crippen LogP contribution in [0.25, 0.3) is 0 Å². The minimum atomic E-state index is -1.02. The van der Waals surface area contributed by atoms with E-state index in [-0.39, 0.29) is 18.3 Å². The first kappa shape index (κ1) is 21.6. The third kappa shape index (κ3) is 4.97. The van der Waals surface area contributed by atoms with E-state index >= 15 is 0 Å². The molecular weight excluding hydrogens is 414 g/mol. The maximum Gasteiger partial charge on any atom is 0.313 e. The molecule has 0 unspecified atom stereocenters. The third-order valence-electron chi connectivity index (χ3n) is 5.51. The Morgan fingerprint density at radius 2 is 1.84 bits per heavy atom. The van der Waals surface area contributed by atoms with Gasteiger partial charge in [-0.05, 0) is 41.3 Å². The molecule has 1 atom stereocenters. The van der Waals surface area contributed by atoms with E-state index in [2.05, 4.69) is 32.7 Å². The molecule has 0 saturated heterocycles. The summed E-state index contributed by atoms with van der Waals surface area (Å²) >= 11 is 0. The zero-order valence-electron chi connectivity index (χ0n) is 17.2. The summed E-state index contributed by atoms with van der Waals surface area (Å²) in [5.74, 6) is -3.65. The second kappa shape index (κ2) is 9.65. The average Bonchev–Trinajstić information content (AvgIpc) is 2.81. The molecule has 4 rings (SSSR count). The van der Waals surface area contributed by atoms with Crippen LogP contribution in [0.1, 0.15) is 22.7 Å². The lowest BCUT2D eigenvalue weighted by atomic mass is 9.97. The van der Waals surface area contributed by atoms with Crippen molar-refractivity contribution in [3.63, 3.8) is 0 Å². The normalized spacial score (nSPS) is 14.3. The standard InChI is InChI=1S/C24H22F2N4O2/c25-19-7-8-21(20(26)12-19)29-24(32)23(31)28-14-22(17-6-3-10-27-13-17)30-11-9-16-4-1-2-5-18(16)15-30/h1-8,10,12-13,22H,9,11,14-15H2,(H,28,31)(H,29,32)/t22-/m0/s1. The number of halogens is 2. The molecule has 2 heterocycles. The van der Waals surface area contributed by atoms with Gasteiger partial charge in [0.25, 0.3) is 0 Å². The van der Waals surface area contributed by atoms with Crippen LogP contribution in [0, 0.1) is 11.6 Å². The van der Waals surface area contributed by atoms with Gasteiger partial charge in [0.1, 0.15) is 11.6 Å². The molecule has 0 aliphatic carbocycles. The van der Waals surface area contributed by atoms with Gasteiger partial charge in [-0.25, -0.2) is 8.78 Å². The molecular formula is C24H22F2N4O2. The number of hydrogen-bond acceptors (Lipinski definition) is 4. The van der Waals surface area contributed by atoms with Gasteiger partial charge >= 0.3 is 11.8 Å². The minimum absolute atomic E-state index is 0.173. The fourth-order valence-corrected chi connectivity index (χ4v) is 3.85. The van der Waals surface area contributed by atoms with Crippen LogP contribution in [0.15, 0.2) is 67.0 Å². The van der Waals surface area contributed by atoms with Gasteiger partial charge in [-0.1, -0.05) is 30.3 Å². The molecule has 164 valence electrons. The van der Waals surface area contributed by atoms with Crippen LogP contribution in [0.2, 0.25) is 0 Å². The molecule has 1 aliphatic rings. The quantitative estimate of drug-likeness (QED) is 0.603. The molecule has 0 bridgehead atoms. The summed E-state index contributed by atoms with van der Waals surface area (Å²) in [6.07, 6.45) is 4.30. The van der Waals surface area contributed by atoms with Gasteiger partial charge < -0.3 is 10.6 Å². The fraction of sp³-hybridized carbons (Fsp3) is 0.208. The van der Waals surface area contributed by atoms with E-state index in [0.717, 1.165) is 30.7 Å². The number of benzene rings is 2. The lowest BCUT2D eigenvalue weighted by Gasteiger charge is -2.35. The number of pyridine rings is 1. The molecule has 6 nitrogen and oxygen atoms in total. The van der Waals surface area contributed by atoms with Crippen LogP contribution >= 0.6 is 0 Å². The molecule has 1 aromatic heterocycles. The number of fused-ring (bicyclic) bond motifs is 1. The highest BCUT2D eigenvalue weighted by Gasteiger charge is 2.26. The topological polar surface area (TPSA) is 74.3 Å². The molecule has 0 spiro atoms. The molecule has 2 N–H and O–H groups in total. The zero-order valence-corrected chi connectivity index (χ0v) is 17.2. The van der Waals surface area contributed by atoms with E-state index < -0.39 is 23.4 Å². The largest absolute Gasteiger partial charge is 0.346 e. The van der Waals surface area contributed by atoms with Crippen molar-refractivity contribution in [3.8, 4) is 0 Å². The summed E-state index contributed by atoms with van der Waals surface area (Å²) in [7, 11) is 0. The van der Waals surface area contributed by atoms with Crippen LogP contribution in [-0.4, -0.2) is 34.8 Å². The molecule has 2 amide bonds. The minimum Gasteiger partial charge on any atom is -0.346 e. The van der Waals surface area contributed by atoms with E-state index in [0.29, 0.717) is 12.6 Å². The van der Waals surface area contributed by atoms with Crippen molar-refractivity contribution < 1.29 is 18.4 Å². The smallest absolute Gasteiger partial charge is 0.313 e. The molecule has 2 aromatic carbocycles. The van der Waals surface area contributed by atoms with Gasteiger partial charge in [-0.15, -0.1) is 0 Å². The lowest BCUT2D eigenvalue weighted by molar-refractivity contribution is -0.136. The van der Waals surface area contributed by atoms with E-state index in [4.69, 9.17) is 0 Å². The van der Waals surface area contributed by atoms with Crippen molar-refractivity contribution in [2.45, 2.75) is 19.0 Å². The molecule has 8 heteroatoms. The van der Waals surface area contributed by atoms with Crippen molar-refractivity contribution in [2.75, 3.05) is 18.4 Å². The summed E-state index contributed by atoms with van der Waals surface area (Å²) in [6.45, 7) is 1.67. The van der Waals surface area contributed by atoms with Gasteiger partial charge in [0.05, 0.1) is 11.7 Å². The van der Waals surface area contributed by atoms with Crippen LogP contribution in [-0.2, 0) is 22.6 Å². The Bertz CT molecular complexity index is 1120. The lowest BCUT2D eigenvalue weighted by Crippen LogP contribution is -2.43. The van der Waals surface area contributed by atoms with Gasteiger partial charge in [-0.3, -0.25) is 19.5 Å². The fourth-order valence-electron chi connectivity index (χ4n) is 3.85. The number of aromatic nitrogens is 1. The van der Waals surface area contributed by atoms with Crippen molar-refractivity contribution in [3.05, 3.63) is 95.3 Å². The summed E-state index contributed by atoms with van der Waals surface area (Å²) < 4.78 is 26.8. The highest BCUT2D eigenvalue weighted by atomic mass is 19.1. The average molecular weight is 436 g/mol. The molecule has 1 aliphatic heterocycles. The van der Waals surface area contributed by atoms with Crippen LogP contribution in [0.4, 0.5) is 14.5 Å². The Hall–Kier alpha value is -3.65. The second-order valence-corrected chi connectivity index (χ2v) is 7.58. The molecule has 3 aromatic rings. The van der Waals surface area contributed by atoms with Crippen LogP contribution in [0.3, 0.4) is 0 Å². The first-order chi connectivity index (χ1) is 15.5. The van der Waals surface area contributed by atoms with Crippen molar-refractivity contribution in [1.29, 1.82) is 0 Å². The Morgan fingerprint density at radius 1 is 1.03 bits per heavy atom. The predicted molar refractivity (Wildman–Crippen MR) is 116 cm³/mol. The number of nitrogens with one attached hydrogen (secondary N) is 2. The maximum atomic E-state index is 13.8. The Balaban J connectivity index is 1.45. The summed E-state index contributed by atoms with van der Waals surface area (Å²) in [5, 5.41) is 4.81. The third-order valence-corrected chi connectivity index (χ3v) is 5.51. The van der Waals surface area contributed by atoms with E-state index in [1.54, 1.807) is 12.4 Å². The van der Waals surface area contributed by atoms with Crippen LogP contribution in [0.5, 0.6) is 0 Å². The number of carbonyl (C=O) groups excluding carboxylic acids is 2. The van der Waals surface area contributed by atoms with E-state index in [1.807, 2.05) is 24.3 Å². The summed E-state index contributed by atoms with van der Waals surface area (Å²) in [6, 6.07) is 14.5. The first-order valence-electron chi connectivity index (χ1n) is 10.3. The molecule has 0 radical (unpaired) electrons. The van der Waals surface area contributed by atoms with Crippen molar-refractivity contribution in [1.82, 2.24) is 15.2 Å². The molecule has 0 saturated carbocycles. The van der Waals surface area contributed by atoms with Gasteiger partial charge in [-0.2, -0.15) is 0 Å². The monoisotopic (exact) mass is 436 g/mol. The highest BCUT2D eigenvalue weighted by molar-refractivity contribution is 6.39. The van der Waals surface area contributed by atoms with Crippen molar-refractivity contribution >= 4 is 17.5 Å². The summed E-state index contributed by atoms with van der Waals surface area (Å²) in [5.41, 5.74) is 3.18. The molecule has 0 fully saturated rings. The van der Waals surface area contributed by atoms with E-state index in [9.17, 15) is 18.4 Å². The van der Waals surface area contributed by atoms with Gasteiger partial charge in [0.15, 0.2) is 0 Å². The van der Waals surface area contributed by atoms with Crippen LogP contribution < -0.4 is 10.6 Å². The zero-order chi connectivity index (χ0) is 22.5.